The molecular weight excluding hydrogens is 289 g/mol. The summed E-state index contributed by atoms with van der Waals surface area (Å²) in [5.74, 6) is 0.0116. The minimum Gasteiger partial charge on any atom is -0.363 e. The topological polar surface area (TPSA) is 50.7 Å². The molecule has 4 nitrogen and oxygen atoms in total. The number of rotatable bonds is 3. The largest absolute Gasteiger partial charge is 0.433 e. The van der Waals surface area contributed by atoms with Gasteiger partial charge in [0.25, 0.3) is 0 Å². The standard InChI is InChI=1S/C9H6ClF3N4S/c10-8-16-5(9(11,12)13)3-6(17-8)15-4-7-14-1-2-18-7/h1-3H,4H2,(H,15,16,17). The number of alkyl halides is 3. The molecule has 0 aliphatic rings. The highest BCUT2D eigenvalue weighted by Crippen LogP contribution is 2.29. The summed E-state index contributed by atoms with van der Waals surface area (Å²) in [6.07, 6.45) is -2.94. The SMILES string of the molecule is FC(F)(F)c1cc(NCc2nccs2)nc(Cl)n1. The molecule has 18 heavy (non-hydrogen) atoms. The van der Waals surface area contributed by atoms with Crippen LogP contribution in [0.2, 0.25) is 5.28 Å². The quantitative estimate of drug-likeness (QED) is 0.883. The number of hydrogen-bond acceptors (Lipinski definition) is 5. The van der Waals surface area contributed by atoms with Crippen LogP contribution in [0.3, 0.4) is 0 Å². The zero-order chi connectivity index (χ0) is 13.2. The van der Waals surface area contributed by atoms with Crippen molar-refractivity contribution in [3.05, 3.63) is 33.6 Å². The average molecular weight is 295 g/mol. The Labute approximate surface area is 109 Å². The summed E-state index contributed by atoms with van der Waals surface area (Å²) in [5, 5.41) is 4.76. The minimum atomic E-state index is -4.55. The Morgan fingerprint density at radius 3 is 2.72 bits per heavy atom. The number of hydrogen-bond donors (Lipinski definition) is 1. The lowest BCUT2D eigenvalue weighted by Crippen LogP contribution is -2.11. The fourth-order valence-electron chi connectivity index (χ4n) is 1.16. The number of halogens is 4. The molecule has 9 heteroatoms. The molecule has 2 aromatic rings. The van der Waals surface area contributed by atoms with E-state index < -0.39 is 17.2 Å². The summed E-state index contributed by atoms with van der Waals surface area (Å²) < 4.78 is 37.4. The van der Waals surface area contributed by atoms with Gasteiger partial charge in [-0.2, -0.15) is 13.2 Å². The van der Waals surface area contributed by atoms with Crippen LogP contribution in [0.1, 0.15) is 10.7 Å². The molecule has 96 valence electrons. The maximum Gasteiger partial charge on any atom is 0.433 e. The zero-order valence-electron chi connectivity index (χ0n) is 8.70. The van der Waals surface area contributed by atoms with Gasteiger partial charge < -0.3 is 5.32 Å². The first-order valence-corrected chi connectivity index (χ1v) is 5.95. The van der Waals surface area contributed by atoms with E-state index in [2.05, 4.69) is 20.3 Å². The Bertz CT molecular complexity index is 529. The van der Waals surface area contributed by atoms with Gasteiger partial charge in [-0.05, 0) is 11.6 Å². The first kappa shape index (κ1) is 13.0. The Morgan fingerprint density at radius 2 is 2.11 bits per heavy atom. The van der Waals surface area contributed by atoms with Gasteiger partial charge in [-0.15, -0.1) is 11.3 Å². The molecule has 2 rings (SSSR count). The first-order valence-electron chi connectivity index (χ1n) is 4.69. The van der Waals surface area contributed by atoms with Crippen molar-refractivity contribution in [1.82, 2.24) is 15.0 Å². The molecule has 0 amide bonds. The molecule has 0 fully saturated rings. The second kappa shape index (κ2) is 5.07. The van der Waals surface area contributed by atoms with Crippen LogP contribution in [0.25, 0.3) is 0 Å². The Hall–Kier alpha value is -1.41. The fraction of sp³-hybridized carbons (Fsp3) is 0.222. The summed E-state index contributed by atoms with van der Waals surface area (Å²) in [5.41, 5.74) is -1.08. The Morgan fingerprint density at radius 1 is 1.33 bits per heavy atom. The molecule has 0 atom stereocenters. The summed E-state index contributed by atoms with van der Waals surface area (Å²) >= 11 is 6.83. The number of nitrogens with zero attached hydrogens (tertiary/aromatic N) is 3. The smallest absolute Gasteiger partial charge is 0.363 e. The molecule has 0 unspecified atom stereocenters. The van der Waals surface area contributed by atoms with Crippen LogP contribution < -0.4 is 5.32 Å². The number of anilines is 1. The Balaban J connectivity index is 2.15. The molecule has 0 radical (unpaired) electrons. The highest BCUT2D eigenvalue weighted by molar-refractivity contribution is 7.09. The predicted octanol–water partition coefficient (Wildman–Crippen LogP) is 3.22. The normalized spacial score (nSPS) is 11.6. The van der Waals surface area contributed by atoms with Crippen LogP contribution in [-0.2, 0) is 12.7 Å². The zero-order valence-corrected chi connectivity index (χ0v) is 10.3. The number of nitrogens with one attached hydrogen (secondary N) is 1. The van der Waals surface area contributed by atoms with Gasteiger partial charge in [0.1, 0.15) is 10.8 Å². The summed E-state index contributed by atoms with van der Waals surface area (Å²) in [6, 6.07) is 0.805. The number of aromatic nitrogens is 3. The molecule has 2 heterocycles. The van der Waals surface area contributed by atoms with Crippen LogP contribution in [0.5, 0.6) is 0 Å². The minimum absolute atomic E-state index is 0.0116. The summed E-state index contributed by atoms with van der Waals surface area (Å²) in [7, 11) is 0. The third-order valence-corrected chi connectivity index (χ3v) is 2.84. The highest BCUT2D eigenvalue weighted by atomic mass is 35.5. The van der Waals surface area contributed by atoms with E-state index in [1.54, 1.807) is 11.6 Å². The third-order valence-electron chi connectivity index (χ3n) is 1.89. The van der Waals surface area contributed by atoms with Crippen LogP contribution in [0.15, 0.2) is 17.6 Å². The van der Waals surface area contributed by atoms with E-state index in [1.807, 2.05) is 0 Å². The molecule has 0 aromatic carbocycles. The van der Waals surface area contributed by atoms with E-state index in [9.17, 15) is 13.2 Å². The molecular formula is C9H6ClF3N4S. The Kier molecular flexibility index (Phi) is 3.67. The van der Waals surface area contributed by atoms with Crippen LogP contribution in [0, 0.1) is 0 Å². The van der Waals surface area contributed by atoms with Crippen molar-refractivity contribution >= 4 is 28.8 Å². The van der Waals surface area contributed by atoms with Crippen molar-refractivity contribution in [1.29, 1.82) is 0 Å². The second-order valence-electron chi connectivity index (χ2n) is 3.18. The average Bonchev–Trinajstić information content (AvgIpc) is 2.77. The van der Waals surface area contributed by atoms with E-state index >= 15 is 0 Å². The first-order chi connectivity index (χ1) is 8.45. The predicted molar refractivity (Wildman–Crippen MR) is 61.5 cm³/mol. The van der Waals surface area contributed by atoms with Gasteiger partial charge in [-0.1, -0.05) is 0 Å². The summed E-state index contributed by atoms with van der Waals surface area (Å²) in [4.78, 5) is 10.8. The monoisotopic (exact) mass is 294 g/mol. The van der Waals surface area contributed by atoms with Gasteiger partial charge in [-0.25, -0.2) is 15.0 Å². The molecule has 0 saturated carbocycles. The lowest BCUT2D eigenvalue weighted by atomic mass is 10.4. The van der Waals surface area contributed by atoms with Crippen molar-refractivity contribution in [3.63, 3.8) is 0 Å². The van der Waals surface area contributed by atoms with Crippen LogP contribution >= 0.6 is 22.9 Å². The fourth-order valence-corrected chi connectivity index (χ4v) is 1.90. The van der Waals surface area contributed by atoms with E-state index in [0.717, 1.165) is 11.1 Å². The molecule has 2 aromatic heterocycles. The van der Waals surface area contributed by atoms with Gasteiger partial charge >= 0.3 is 6.18 Å². The van der Waals surface area contributed by atoms with E-state index in [0.29, 0.717) is 0 Å². The van der Waals surface area contributed by atoms with Crippen molar-refractivity contribution in [3.8, 4) is 0 Å². The molecule has 0 spiro atoms. The van der Waals surface area contributed by atoms with Crippen molar-refractivity contribution in [2.75, 3.05) is 5.32 Å². The van der Waals surface area contributed by atoms with E-state index in [4.69, 9.17) is 11.6 Å². The lowest BCUT2D eigenvalue weighted by molar-refractivity contribution is -0.141. The van der Waals surface area contributed by atoms with Gasteiger partial charge in [-0.3, -0.25) is 0 Å². The van der Waals surface area contributed by atoms with Gasteiger partial charge in [0.2, 0.25) is 5.28 Å². The second-order valence-corrected chi connectivity index (χ2v) is 4.50. The van der Waals surface area contributed by atoms with Gasteiger partial charge in [0.05, 0.1) is 6.54 Å². The van der Waals surface area contributed by atoms with Crippen molar-refractivity contribution in [2.45, 2.75) is 12.7 Å². The van der Waals surface area contributed by atoms with Crippen LogP contribution in [-0.4, -0.2) is 15.0 Å². The molecule has 0 saturated heterocycles. The van der Waals surface area contributed by atoms with E-state index in [-0.39, 0.29) is 12.4 Å². The molecule has 0 aliphatic carbocycles. The molecule has 0 bridgehead atoms. The van der Waals surface area contributed by atoms with Gasteiger partial charge in [0.15, 0.2) is 5.69 Å². The third kappa shape index (κ3) is 3.30. The van der Waals surface area contributed by atoms with Crippen molar-refractivity contribution in [2.24, 2.45) is 0 Å². The molecule has 1 N–H and O–H groups in total. The summed E-state index contributed by atoms with van der Waals surface area (Å²) in [6.45, 7) is 0.280. The van der Waals surface area contributed by atoms with Crippen molar-refractivity contribution < 1.29 is 13.2 Å². The highest BCUT2D eigenvalue weighted by Gasteiger charge is 2.33. The van der Waals surface area contributed by atoms with Gasteiger partial charge in [0, 0.05) is 17.6 Å². The maximum absolute atomic E-state index is 12.5. The lowest BCUT2D eigenvalue weighted by Gasteiger charge is -2.08. The molecule has 0 aliphatic heterocycles. The maximum atomic E-state index is 12.5. The van der Waals surface area contributed by atoms with Crippen LogP contribution in [0.4, 0.5) is 19.0 Å². The van der Waals surface area contributed by atoms with E-state index in [1.165, 1.54) is 11.3 Å². The number of thiazole rings is 1.